The summed E-state index contributed by atoms with van der Waals surface area (Å²) in [5, 5.41) is 22.1. The fourth-order valence-corrected chi connectivity index (χ4v) is 1.68. The van der Waals surface area contributed by atoms with Gasteiger partial charge in [-0.3, -0.25) is 20.2 Å². The Labute approximate surface area is 84.7 Å². The number of nitrogens with one attached hydrogen (secondary N) is 1. The highest BCUT2D eigenvalue weighted by molar-refractivity contribution is 5.77. The Morgan fingerprint density at radius 2 is 2.33 bits per heavy atom. The Morgan fingerprint density at radius 3 is 2.93 bits per heavy atom. The normalized spacial score (nSPS) is 18.5. The lowest BCUT2D eigenvalue weighted by Crippen LogP contribution is -2.21. The van der Waals surface area contributed by atoms with Crippen LogP contribution in [0.25, 0.3) is 0 Å². The number of non-ortho nitro benzene ring substituents is 1. The predicted octanol–water partition coefficient (Wildman–Crippen LogP) is 0.824. The van der Waals surface area contributed by atoms with E-state index in [4.69, 9.17) is 5.11 Å². The molecule has 1 aromatic carbocycles. The van der Waals surface area contributed by atoms with Crippen molar-refractivity contribution in [3.05, 3.63) is 39.4 Å². The summed E-state index contributed by atoms with van der Waals surface area (Å²) in [5.74, 6) is -0.970. The number of fused-ring (bicyclic) bond motifs is 1. The van der Waals surface area contributed by atoms with Crippen molar-refractivity contribution in [2.45, 2.75) is 12.6 Å². The Balaban J connectivity index is 2.42. The van der Waals surface area contributed by atoms with E-state index in [1.54, 1.807) is 0 Å². The standard InChI is InChI=1S/C9H8N2O4/c12-9(13)8-7-2-1-6(11(14)15)3-5(7)4-10-8/h1-3,8,10H,4H2,(H,12,13)/t8-/m0/s1. The lowest BCUT2D eigenvalue weighted by atomic mass is 10.0. The molecular weight excluding hydrogens is 200 g/mol. The van der Waals surface area contributed by atoms with Crippen molar-refractivity contribution in [3.8, 4) is 0 Å². The molecule has 1 heterocycles. The maximum Gasteiger partial charge on any atom is 0.325 e. The number of carboxylic acid groups (broad SMARTS) is 1. The van der Waals surface area contributed by atoms with Gasteiger partial charge in [-0.1, -0.05) is 0 Å². The number of carboxylic acids is 1. The largest absolute Gasteiger partial charge is 0.480 e. The quantitative estimate of drug-likeness (QED) is 0.554. The third-order valence-corrected chi connectivity index (χ3v) is 2.39. The van der Waals surface area contributed by atoms with Gasteiger partial charge in [-0.15, -0.1) is 0 Å². The topological polar surface area (TPSA) is 92.5 Å². The summed E-state index contributed by atoms with van der Waals surface area (Å²) >= 11 is 0. The van der Waals surface area contributed by atoms with Crippen molar-refractivity contribution in [1.82, 2.24) is 5.32 Å². The van der Waals surface area contributed by atoms with Crippen molar-refractivity contribution in [2.24, 2.45) is 0 Å². The van der Waals surface area contributed by atoms with Gasteiger partial charge in [-0.05, 0) is 17.2 Å². The highest BCUT2D eigenvalue weighted by Crippen LogP contribution is 2.28. The van der Waals surface area contributed by atoms with Crippen LogP contribution in [0.3, 0.4) is 0 Å². The van der Waals surface area contributed by atoms with Crippen molar-refractivity contribution < 1.29 is 14.8 Å². The van der Waals surface area contributed by atoms with Crippen LogP contribution >= 0.6 is 0 Å². The van der Waals surface area contributed by atoms with Gasteiger partial charge in [0.05, 0.1) is 4.92 Å². The number of nitro groups is 1. The molecule has 0 aliphatic carbocycles. The van der Waals surface area contributed by atoms with Crippen LogP contribution < -0.4 is 5.32 Å². The molecular formula is C9H8N2O4. The Hall–Kier alpha value is -1.95. The summed E-state index contributed by atoms with van der Waals surface area (Å²) in [4.78, 5) is 20.8. The van der Waals surface area contributed by atoms with Gasteiger partial charge in [0.15, 0.2) is 0 Å². The summed E-state index contributed by atoms with van der Waals surface area (Å²) in [6.07, 6.45) is 0. The van der Waals surface area contributed by atoms with E-state index in [0.29, 0.717) is 17.7 Å². The smallest absolute Gasteiger partial charge is 0.325 e. The monoisotopic (exact) mass is 208 g/mol. The molecule has 1 aliphatic rings. The molecule has 78 valence electrons. The van der Waals surface area contributed by atoms with Crippen molar-refractivity contribution in [1.29, 1.82) is 0 Å². The molecule has 2 rings (SSSR count). The van der Waals surface area contributed by atoms with E-state index in [1.807, 2.05) is 0 Å². The van der Waals surface area contributed by atoms with Gasteiger partial charge in [0.2, 0.25) is 0 Å². The Bertz CT molecular complexity index is 444. The number of nitrogens with zero attached hydrogens (tertiary/aromatic N) is 1. The maximum absolute atomic E-state index is 10.8. The molecule has 0 radical (unpaired) electrons. The Morgan fingerprint density at radius 1 is 1.60 bits per heavy atom. The number of benzene rings is 1. The van der Waals surface area contributed by atoms with Crippen LogP contribution in [0.15, 0.2) is 18.2 Å². The fraction of sp³-hybridized carbons (Fsp3) is 0.222. The molecule has 0 saturated carbocycles. The second-order valence-electron chi connectivity index (χ2n) is 3.29. The molecule has 0 bridgehead atoms. The molecule has 0 amide bonds. The van der Waals surface area contributed by atoms with Gasteiger partial charge >= 0.3 is 5.97 Å². The van der Waals surface area contributed by atoms with Crippen LogP contribution in [-0.4, -0.2) is 16.0 Å². The van der Waals surface area contributed by atoms with Gasteiger partial charge in [0.25, 0.3) is 5.69 Å². The third-order valence-electron chi connectivity index (χ3n) is 2.39. The zero-order valence-corrected chi connectivity index (χ0v) is 7.64. The highest BCUT2D eigenvalue weighted by Gasteiger charge is 2.28. The highest BCUT2D eigenvalue weighted by atomic mass is 16.6. The fourth-order valence-electron chi connectivity index (χ4n) is 1.68. The van der Waals surface area contributed by atoms with Crippen LogP contribution in [0.1, 0.15) is 17.2 Å². The number of aliphatic carboxylic acids is 1. The van der Waals surface area contributed by atoms with Crippen LogP contribution in [0.4, 0.5) is 5.69 Å². The molecule has 1 aliphatic heterocycles. The molecule has 2 N–H and O–H groups in total. The summed E-state index contributed by atoms with van der Waals surface area (Å²) in [7, 11) is 0. The molecule has 0 unspecified atom stereocenters. The van der Waals surface area contributed by atoms with Gasteiger partial charge in [-0.25, -0.2) is 0 Å². The maximum atomic E-state index is 10.8. The summed E-state index contributed by atoms with van der Waals surface area (Å²) in [6, 6.07) is 3.47. The van der Waals surface area contributed by atoms with E-state index in [9.17, 15) is 14.9 Å². The van der Waals surface area contributed by atoms with E-state index < -0.39 is 16.9 Å². The van der Waals surface area contributed by atoms with E-state index >= 15 is 0 Å². The van der Waals surface area contributed by atoms with E-state index in [-0.39, 0.29) is 5.69 Å². The van der Waals surface area contributed by atoms with Crippen LogP contribution in [0.5, 0.6) is 0 Å². The zero-order chi connectivity index (χ0) is 11.0. The van der Waals surface area contributed by atoms with Gasteiger partial charge < -0.3 is 5.11 Å². The van der Waals surface area contributed by atoms with E-state index in [1.165, 1.54) is 18.2 Å². The minimum atomic E-state index is -0.970. The molecule has 6 heteroatoms. The second kappa shape index (κ2) is 3.32. The molecule has 0 spiro atoms. The Kier molecular flexibility index (Phi) is 2.12. The molecule has 0 aromatic heterocycles. The molecule has 1 atom stereocenters. The average Bonchev–Trinajstić information content (AvgIpc) is 2.59. The van der Waals surface area contributed by atoms with Crippen molar-refractivity contribution >= 4 is 11.7 Å². The van der Waals surface area contributed by atoms with Crippen LogP contribution in [0, 0.1) is 10.1 Å². The minimum absolute atomic E-state index is 0.0124. The van der Waals surface area contributed by atoms with Gasteiger partial charge in [0, 0.05) is 18.7 Å². The summed E-state index contributed by atoms with van der Waals surface area (Å²) in [5.41, 5.74) is 1.27. The van der Waals surface area contributed by atoms with Crippen molar-refractivity contribution in [2.75, 3.05) is 0 Å². The number of hydrogen-bond acceptors (Lipinski definition) is 4. The first-order valence-electron chi connectivity index (χ1n) is 4.33. The molecule has 15 heavy (non-hydrogen) atoms. The first-order chi connectivity index (χ1) is 7.09. The van der Waals surface area contributed by atoms with Gasteiger partial charge in [-0.2, -0.15) is 0 Å². The lowest BCUT2D eigenvalue weighted by Gasteiger charge is -2.04. The van der Waals surface area contributed by atoms with E-state index in [0.717, 1.165) is 0 Å². The molecule has 0 saturated heterocycles. The van der Waals surface area contributed by atoms with Crippen LogP contribution in [0.2, 0.25) is 0 Å². The third kappa shape index (κ3) is 1.55. The molecule has 6 nitrogen and oxygen atoms in total. The van der Waals surface area contributed by atoms with Gasteiger partial charge in [0.1, 0.15) is 6.04 Å². The first-order valence-corrected chi connectivity index (χ1v) is 4.33. The molecule has 1 aromatic rings. The summed E-state index contributed by atoms with van der Waals surface area (Å²) in [6.45, 7) is 0.355. The van der Waals surface area contributed by atoms with Crippen molar-refractivity contribution in [3.63, 3.8) is 0 Å². The number of rotatable bonds is 2. The predicted molar refractivity (Wildman–Crippen MR) is 50.3 cm³/mol. The SMILES string of the molecule is O=C(O)[C@H]1NCc2cc([N+](=O)[O-])ccc21. The number of nitro benzene ring substituents is 1. The zero-order valence-electron chi connectivity index (χ0n) is 7.64. The first kappa shape index (κ1) is 9.60. The van der Waals surface area contributed by atoms with E-state index in [2.05, 4.69) is 5.32 Å². The average molecular weight is 208 g/mol. The summed E-state index contributed by atoms with van der Waals surface area (Å²) < 4.78 is 0. The minimum Gasteiger partial charge on any atom is -0.480 e. The lowest BCUT2D eigenvalue weighted by molar-refractivity contribution is -0.384. The van der Waals surface area contributed by atoms with Crippen LogP contribution in [-0.2, 0) is 11.3 Å². The number of carbonyl (C=O) groups is 1. The molecule has 0 fully saturated rings. The number of hydrogen-bond donors (Lipinski definition) is 2. The second-order valence-corrected chi connectivity index (χ2v) is 3.29.